The molecule has 1 aliphatic rings. The highest BCUT2D eigenvalue weighted by Crippen LogP contribution is 2.33. The number of carboxylic acid groups (broad SMARTS) is 1. The average molecular weight is 167 g/mol. The van der Waals surface area contributed by atoms with Gasteiger partial charge >= 0.3 is 5.97 Å². The van der Waals surface area contributed by atoms with Crippen LogP contribution in [0.15, 0.2) is 4.42 Å². The van der Waals surface area contributed by atoms with E-state index in [1.807, 2.05) is 0 Å². The van der Waals surface area contributed by atoms with Gasteiger partial charge in [0.2, 0.25) is 0 Å². The molecule has 1 N–H and O–H groups in total. The van der Waals surface area contributed by atoms with Gasteiger partial charge < -0.3 is 9.52 Å². The summed E-state index contributed by atoms with van der Waals surface area (Å²) in [6, 6.07) is 0. The van der Waals surface area contributed by atoms with Crippen LogP contribution in [-0.2, 0) is 11.2 Å². The number of nitrogens with zero attached hydrogens (tertiary/aromatic N) is 1. The summed E-state index contributed by atoms with van der Waals surface area (Å²) in [5, 5.41) is 8.78. The van der Waals surface area contributed by atoms with E-state index in [-0.39, 0.29) is 0 Å². The van der Waals surface area contributed by atoms with Crippen LogP contribution in [0.5, 0.6) is 0 Å². The van der Waals surface area contributed by atoms with Gasteiger partial charge in [0.1, 0.15) is 11.7 Å². The number of rotatable bonds is 1. The van der Waals surface area contributed by atoms with Crippen molar-refractivity contribution in [3.63, 3.8) is 0 Å². The molecule has 0 radical (unpaired) electrons. The van der Waals surface area contributed by atoms with Crippen LogP contribution in [0.3, 0.4) is 0 Å². The van der Waals surface area contributed by atoms with Gasteiger partial charge in [0.05, 0.1) is 5.69 Å². The first-order valence-electron chi connectivity index (χ1n) is 3.87. The first-order chi connectivity index (χ1) is 5.68. The lowest BCUT2D eigenvalue weighted by molar-refractivity contribution is -0.139. The van der Waals surface area contributed by atoms with Crippen molar-refractivity contribution in [2.24, 2.45) is 0 Å². The maximum atomic E-state index is 10.7. The van der Waals surface area contributed by atoms with Gasteiger partial charge in [-0.1, -0.05) is 0 Å². The van der Waals surface area contributed by atoms with E-state index in [9.17, 15) is 4.79 Å². The van der Waals surface area contributed by atoms with Crippen molar-refractivity contribution in [3.8, 4) is 0 Å². The first-order valence-corrected chi connectivity index (χ1v) is 3.87. The van der Waals surface area contributed by atoms with Crippen LogP contribution in [0.1, 0.15) is 29.7 Å². The minimum absolute atomic E-state index is 0.471. The zero-order valence-corrected chi connectivity index (χ0v) is 6.70. The molecule has 1 atom stereocenters. The maximum Gasteiger partial charge on any atom is 0.314 e. The number of carboxylic acids is 1. The van der Waals surface area contributed by atoms with Crippen molar-refractivity contribution in [1.29, 1.82) is 0 Å². The number of fused-ring (bicyclic) bond motifs is 1. The van der Waals surface area contributed by atoms with Crippen molar-refractivity contribution in [2.75, 3.05) is 0 Å². The van der Waals surface area contributed by atoms with E-state index in [1.165, 1.54) is 0 Å². The molecule has 1 aromatic rings. The number of aromatic nitrogens is 1. The zero-order chi connectivity index (χ0) is 8.72. The third kappa shape index (κ3) is 0.913. The summed E-state index contributed by atoms with van der Waals surface area (Å²) in [5.41, 5.74) is 0.819. The van der Waals surface area contributed by atoms with Crippen LogP contribution in [-0.4, -0.2) is 16.1 Å². The van der Waals surface area contributed by atoms with Crippen LogP contribution >= 0.6 is 0 Å². The monoisotopic (exact) mass is 167 g/mol. The lowest BCUT2D eigenvalue weighted by atomic mass is 10.1. The molecular formula is C8H9NO3. The Bertz CT molecular complexity index is 329. The Morgan fingerprint density at radius 3 is 3.17 bits per heavy atom. The predicted octanol–water partition coefficient (Wildman–Crippen LogP) is 1.10. The van der Waals surface area contributed by atoms with Crippen molar-refractivity contribution >= 4 is 5.97 Å². The van der Waals surface area contributed by atoms with Crippen LogP contribution in [0.4, 0.5) is 0 Å². The largest absolute Gasteiger partial charge is 0.481 e. The molecule has 1 heterocycles. The normalized spacial score (nSPS) is 20.9. The molecule has 12 heavy (non-hydrogen) atoms. The lowest BCUT2D eigenvalue weighted by Gasteiger charge is -1.99. The molecule has 0 fully saturated rings. The second kappa shape index (κ2) is 2.33. The number of carbonyl (C=O) groups is 1. The van der Waals surface area contributed by atoms with Gasteiger partial charge in [-0.25, -0.2) is 4.98 Å². The maximum absolute atomic E-state index is 10.7. The summed E-state index contributed by atoms with van der Waals surface area (Å²) >= 11 is 0. The molecule has 4 nitrogen and oxygen atoms in total. The molecule has 2 rings (SSSR count). The fourth-order valence-corrected chi connectivity index (χ4v) is 1.59. The molecule has 0 saturated carbocycles. The summed E-state index contributed by atoms with van der Waals surface area (Å²) in [6.07, 6.45) is 1.35. The smallest absolute Gasteiger partial charge is 0.314 e. The predicted molar refractivity (Wildman–Crippen MR) is 39.9 cm³/mol. The summed E-state index contributed by atoms with van der Waals surface area (Å²) in [4.78, 5) is 14.8. The second-order valence-corrected chi connectivity index (χ2v) is 2.97. The molecule has 4 heteroatoms. The van der Waals surface area contributed by atoms with Gasteiger partial charge in [0, 0.05) is 6.92 Å². The van der Waals surface area contributed by atoms with E-state index in [4.69, 9.17) is 9.52 Å². The highest BCUT2D eigenvalue weighted by atomic mass is 16.4. The van der Waals surface area contributed by atoms with Crippen LogP contribution in [0.2, 0.25) is 0 Å². The van der Waals surface area contributed by atoms with E-state index in [2.05, 4.69) is 4.98 Å². The van der Waals surface area contributed by atoms with E-state index >= 15 is 0 Å². The molecule has 1 aliphatic carbocycles. The Kier molecular flexibility index (Phi) is 1.43. The standard InChI is InChI=1S/C8H9NO3/c1-4-9-6-3-2-5(8(10)11)7(6)12-4/h5H,2-3H2,1H3,(H,10,11). The Morgan fingerprint density at radius 1 is 1.75 bits per heavy atom. The Labute approximate surface area is 69.2 Å². The molecular weight excluding hydrogens is 158 g/mol. The fraction of sp³-hybridized carbons (Fsp3) is 0.500. The Balaban J connectivity index is 2.41. The molecule has 0 saturated heterocycles. The lowest BCUT2D eigenvalue weighted by Crippen LogP contribution is -2.06. The van der Waals surface area contributed by atoms with Crippen molar-refractivity contribution < 1.29 is 14.3 Å². The second-order valence-electron chi connectivity index (χ2n) is 2.97. The highest BCUT2D eigenvalue weighted by Gasteiger charge is 2.33. The summed E-state index contributed by atoms with van der Waals surface area (Å²) in [7, 11) is 0. The summed E-state index contributed by atoms with van der Waals surface area (Å²) in [6.45, 7) is 1.73. The number of hydrogen-bond acceptors (Lipinski definition) is 3. The molecule has 1 unspecified atom stereocenters. The number of aryl methyl sites for hydroxylation is 2. The summed E-state index contributed by atoms with van der Waals surface area (Å²) < 4.78 is 5.21. The van der Waals surface area contributed by atoms with Crippen molar-refractivity contribution in [1.82, 2.24) is 4.98 Å². The first kappa shape index (κ1) is 7.34. The van der Waals surface area contributed by atoms with Gasteiger partial charge in [0.25, 0.3) is 0 Å². The Morgan fingerprint density at radius 2 is 2.50 bits per heavy atom. The molecule has 0 amide bonds. The third-order valence-corrected chi connectivity index (χ3v) is 2.12. The topological polar surface area (TPSA) is 63.3 Å². The number of aliphatic carboxylic acids is 1. The third-order valence-electron chi connectivity index (χ3n) is 2.12. The molecule has 0 spiro atoms. The van der Waals surface area contributed by atoms with Gasteiger partial charge in [-0.15, -0.1) is 0 Å². The van der Waals surface area contributed by atoms with Crippen molar-refractivity contribution in [2.45, 2.75) is 25.7 Å². The molecule has 0 aromatic carbocycles. The van der Waals surface area contributed by atoms with Crippen molar-refractivity contribution in [3.05, 3.63) is 17.3 Å². The van der Waals surface area contributed by atoms with Gasteiger partial charge in [-0.2, -0.15) is 0 Å². The molecule has 0 aliphatic heterocycles. The molecule has 1 aromatic heterocycles. The SMILES string of the molecule is Cc1nc2c(o1)C(C(=O)O)CC2. The van der Waals surface area contributed by atoms with Crippen LogP contribution in [0.25, 0.3) is 0 Å². The van der Waals surface area contributed by atoms with Gasteiger partial charge in [0.15, 0.2) is 5.89 Å². The molecule has 64 valence electrons. The molecule has 0 bridgehead atoms. The average Bonchev–Trinajstić information content (AvgIpc) is 2.43. The minimum Gasteiger partial charge on any atom is -0.481 e. The minimum atomic E-state index is -0.815. The fourth-order valence-electron chi connectivity index (χ4n) is 1.59. The summed E-state index contributed by atoms with van der Waals surface area (Å²) in [5.74, 6) is -0.169. The number of hydrogen-bond donors (Lipinski definition) is 1. The quantitative estimate of drug-likeness (QED) is 0.680. The highest BCUT2D eigenvalue weighted by molar-refractivity contribution is 5.76. The van der Waals surface area contributed by atoms with Crippen LogP contribution < -0.4 is 0 Å². The van der Waals surface area contributed by atoms with E-state index in [0.717, 1.165) is 12.1 Å². The zero-order valence-electron chi connectivity index (χ0n) is 6.70. The van der Waals surface area contributed by atoms with E-state index in [0.29, 0.717) is 18.1 Å². The van der Waals surface area contributed by atoms with Gasteiger partial charge in [-0.3, -0.25) is 4.79 Å². The van der Waals surface area contributed by atoms with Gasteiger partial charge in [-0.05, 0) is 12.8 Å². The van der Waals surface area contributed by atoms with Crippen LogP contribution in [0, 0.1) is 6.92 Å². The van der Waals surface area contributed by atoms with E-state index < -0.39 is 11.9 Å². The van der Waals surface area contributed by atoms with E-state index in [1.54, 1.807) is 6.92 Å². The Hall–Kier alpha value is -1.32. The number of oxazole rings is 1.